The summed E-state index contributed by atoms with van der Waals surface area (Å²) in [5, 5.41) is 0. The smallest absolute Gasteiger partial charge is 0.244 e. The lowest BCUT2D eigenvalue weighted by Gasteiger charge is -2.36. The van der Waals surface area contributed by atoms with E-state index in [4.69, 9.17) is 5.73 Å². The van der Waals surface area contributed by atoms with E-state index in [0.717, 1.165) is 12.1 Å². The zero-order valence-corrected chi connectivity index (χ0v) is 13.3. The van der Waals surface area contributed by atoms with Gasteiger partial charge in [-0.25, -0.2) is 8.78 Å². The Morgan fingerprint density at radius 1 is 1.12 bits per heavy atom. The van der Waals surface area contributed by atoms with Gasteiger partial charge >= 0.3 is 0 Å². The van der Waals surface area contributed by atoms with Crippen LogP contribution in [0.4, 0.5) is 14.5 Å². The highest BCUT2D eigenvalue weighted by Crippen LogP contribution is 2.29. The number of carbonyl (C=O) groups is 2. The molecule has 24 heavy (non-hydrogen) atoms. The fourth-order valence-electron chi connectivity index (χ4n) is 3.43. The van der Waals surface area contributed by atoms with E-state index in [1.807, 2.05) is 9.80 Å². The van der Waals surface area contributed by atoms with Crippen LogP contribution in [0.1, 0.15) is 6.42 Å². The van der Waals surface area contributed by atoms with E-state index in [0.29, 0.717) is 39.1 Å². The summed E-state index contributed by atoms with van der Waals surface area (Å²) in [6.07, 6.45) is 0.530. The lowest BCUT2D eigenvalue weighted by molar-refractivity contribution is -0.123. The van der Waals surface area contributed by atoms with Crippen LogP contribution in [-0.4, -0.2) is 66.9 Å². The van der Waals surface area contributed by atoms with Crippen molar-refractivity contribution >= 4 is 17.5 Å². The topological polar surface area (TPSA) is 69.9 Å². The molecule has 0 saturated carbocycles. The number of hydrogen-bond donors (Lipinski definition) is 1. The summed E-state index contributed by atoms with van der Waals surface area (Å²) in [7, 11) is 0. The SMILES string of the molecule is NC(=O)CN1CCN(C2CCN(c3c(F)cccc3F)C2=O)CC1. The number of hydrogen-bond acceptors (Lipinski definition) is 4. The molecule has 1 aromatic carbocycles. The van der Waals surface area contributed by atoms with Gasteiger partial charge in [0, 0.05) is 32.7 Å². The third-order valence-corrected chi connectivity index (χ3v) is 4.61. The summed E-state index contributed by atoms with van der Waals surface area (Å²) in [5.41, 5.74) is 4.92. The average Bonchev–Trinajstić information content (AvgIpc) is 2.89. The van der Waals surface area contributed by atoms with Gasteiger partial charge in [-0.05, 0) is 18.6 Å². The van der Waals surface area contributed by atoms with Gasteiger partial charge < -0.3 is 10.6 Å². The van der Waals surface area contributed by atoms with Gasteiger partial charge in [0.05, 0.1) is 12.6 Å². The quantitative estimate of drug-likeness (QED) is 0.850. The number of nitrogens with zero attached hydrogens (tertiary/aromatic N) is 3. The van der Waals surface area contributed by atoms with E-state index in [1.165, 1.54) is 11.0 Å². The number of benzene rings is 1. The number of amides is 2. The number of halogens is 2. The van der Waals surface area contributed by atoms with Gasteiger partial charge in [0.1, 0.15) is 17.3 Å². The van der Waals surface area contributed by atoms with Gasteiger partial charge in [0.2, 0.25) is 11.8 Å². The maximum Gasteiger partial charge on any atom is 0.244 e. The maximum atomic E-state index is 13.9. The Morgan fingerprint density at radius 3 is 2.33 bits per heavy atom. The number of primary amides is 1. The van der Waals surface area contributed by atoms with Crippen molar-refractivity contribution < 1.29 is 18.4 Å². The molecule has 2 saturated heterocycles. The average molecular weight is 338 g/mol. The second kappa shape index (κ2) is 6.82. The molecule has 1 unspecified atom stereocenters. The number of rotatable bonds is 4. The molecule has 2 fully saturated rings. The lowest BCUT2D eigenvalue weighted by Crippen LogP contribution is -2.53. The van der Waals surface area contributed by atoms with E-state index in [-0.39, 0.29) is 30.1 Å². The highest BCUT2D eigenvalue weighted by molar-refractivity contribution is 5.99. The van der Waals surface area contributed by atoms with E-state index < -0.39 is 11.6 Å². The molecule has 3 rings (SSSR count). The molecule has 2 aliphatic heterocycles. The summed E-state index contributed by atoms with van der Waals surface area (Å²) >= 11 is 0. The van der Waals surface area contributed by atoms with Crippen LogP contribution in [-0.2, 0) is 9.59 Å². The second-order valence-corrected chi connectivity index (χ2v) is 6.14. The monoisotopic (exact) mass is 338 g/mol. The zero-order valence-electron chi connectivity index (χ0n) is 13.3. The number of para-hydroxylation sites is 1. The Morgan fingerprint density at radius 2 is 1.75 bits per heavy atom. The molecule has 2 amide bonds. The van der Waals surface area contributed by atoms with Crippen molar-refractivity contribution in [1.29, 1.82) is 0 Å². The molecule has 2 N–H and O–H groups in total. The number of piperazine rings is 1. The number of carbonyl (C=O) groups excluding carboxylic acids is 2. The minimum atomic E-state index is -0.727. The summed E-state index contributed by atoms with van der Waals surface area (Å²) in [6, 6.07) is 3.22. The zero-order chi connectivity index (χ0) is 17.3. The molecule has 0 aromatic heterocycles. The first-order valence-electron chi connectivity index (χ1n) is 7.97. The Kier molecular flexibility index (Phi) is 4.77. The van der Waals surface area contributed by atoms with Gasteiger partial charge in [-0.3, -0.25) is 19.4 Å². The van der Waals surface area contributed by atoms with Gasteiger partial charge in [0.25, 0.3) is 0 Å². The minimum absolute atomic E-state index is 0.207. The van der Waals surface area contributed by atoms with Crippen LogP contribution in [0.25, 0.3) is 0 Å². The largest absolute Gasteiger partial charge is 0.369 e. The van der Waals surface area contributed by atoms with Crippen LogP contribution < -0.4 is 10.6 Å². The van der Waals surface area contributed by atoms with Gasteiger partial charge in [-0.2, -0.15) is 0 Å². The maximum absolute atomic E-state index is 13.9. The van der Waals surface area contributed by atoms with Gasteiger partial charge in [0.15, 0.2) is 0 Å². The lowest BCUT2D eigenvalue weighted by atomic mass is 10.2. The van der Waals surface area contributed by atoms with Crippen molar-refractivity contribution in [1.82, 2.24) is 9.80 Å². The Bertz CT molecular complexity index is 627. The van der Waals surface area contributed by atoms with Crippen molar-refractivity contribution in [3.8, 4) is 0 Å². The van der Waals surface area contributed by atoms with Crippen molar-refractivity contribution in [2.24, 2.45) is 5.73 Å². The van der Waals surface area contributed by atoms with Crippen LogP contribution in [0.15, 0.2) is 18.2 Å². The first-order chi connectivity index (χ1) is 11.5. The molecular weight excluding hydrogens is 318 g/mol. The van der Waals surface area contributed by atoms with E-state index in [2.05, 4.69) is 0 Å². The molecule has 6 nitrogen and oxygen atoms in total. The second-order valence-electron chi connectivity index (χ2n) is 6.14. The number of anilines is 1. The third kappa shape index (κ3) is 3.25. The normalized spacial score (nSPS) is 23.0. The standard InChI is InChI=1S/C16H20F2N4O2/c17-11-2-1-3-12(18)15(11)22-5-4-13(16(22)24)21-8-6-20(7-9-21)10-14(19)23/h1-3,13H,4-10H2,(H2,19,23). The van der Waals surface area contributed by atoms with E-state index in [1.54, 1.807) is 0 Å². The molecule has 0 bridgehead atoms. The van der Waals surface area contributed by atoms with Crippen LogP contribution in [0.5, 0.6) is 0 Å². The van der Waals surface area contributed by atoms with Crippen molar-refractivity contribution in [3.05, 3.63) is 29.8 Å². The predicted octanol–water partition coefficient (Wildman–Crippen LogP) is 0.173. The molecule has 1 atom stereocenters. The molecule has 2 aliphatic rings. The molecular formula is C16H20F2N4O2. The highest BCUT2D eigenvalue weighted by Gasteiger charge is 2.39. The van der Waals surface area contributed by atoms with Crippen LogP contribution in [0.3, 0.4) is 0 Å². The molecule has 2 heterocycles. The fourth-order valence-corrected chi connectivity index (χ4v) is 3.43. The molecule has 0 spiro atoms. The van der Waals surface area contributed by atoms with E-state index in [9.17, 15) is 18.4 Å². The van der Waals surface area contributed by atoms with Crippen LogP contribution in [0.2, 0.25) is 0 Å². The number of nitrogens with two attached hydrogens (primary N) is 1. The third-order valence-electron chi connectivity index (χ3n) is 4.61. The summed E-state index contributed by atoms with van der Waals surface area (Å²) < 4.78 is 27.8. The van der Waals surface area contributed by atoms with E-state index >= 15 is 0 Å². The first-order valence-corrected chi connectivity index (χ1v) is 7.97. The predicted molar refractivity (Wildman–Crippen MR) is 84.3 cm³/mol. The first kappa shape index (κ1) is 16.8. The van der Waals surface area contributed by atoms with Crippen molar-refractivity contribution in [2.45, 2.75) is 12.5 Å². The highest BCUT2D eigenvalue weighted by atomic mass is 19.1. The van der Waals surface area contributed by atoms with Crippen LogP contribution in [0, 0.1) is 11.6 Å². The van der Waals surface area contributed by atoms with Gasteiger partial charge in [-0.15, -0.1) is 0 Å². The Labute approximate surface area is 138 Å². The molecule has 130 valence electrons. The molecule has 0 aliphatic carbocycles. The van der Waals surface area contributed by atoms with Crippen LogP contribution >= 0.6 is 0 Å². The summed E-state index contributed by atoms with van der Waals surface area (Å²) in [6.45, 7) is 3.03. The Hall–Kier alpha value is -2.06. The Balaban J connectivity index is 1.66. The summed E-state index contributed by atoms with van der Waals surface area (Å²) in [5.74, 6) is -2.10. The molecule has 1 aromatic rings. The molecule has 0 radical (unpaired) electrons. The summed E-state index contributed by atoms with van der Waals surface area (Å²) in [4.78, 5) is 28.7. The minimum Gasteiger partial charge on any atom is -0.369 e. The molecule has 8 heteroatoms. The van der Waals surface area contributed by atoms with Crippen molar-refractivity contribution in [2.75, 3.05) is 44.2 Å². The van der Waals surface area contributed by atoms with Gasteiger partial charge in [-0.1, -0.05) is 6.07 Å². The van der Waals surface area contributed by atoms with Crippen molar-refractivity contribution in [3.63, 3.8) is 0 Å². The fraction of sp³-hybridized carbons (Fsp3) is 0.500.